The number of benzene rings is 2. The van der Waals surface area contributed by atoms with Crippen molar-refractivity contribution in [2.75, 3.05) is 0 Å². The van der Waals surface area contributed by atoms with Crippen molar-refractivity contribution in [3.05, 3.63) is 58.7 Å². The van der Waals surface area contributed by atoms with Crippen molar-refractivity contribution in [1.82, 2.24) is 0 Å². The van der Waals surface area contributed by atoms with Gasteiger partial charge in [-0.3, -0.25) is 4.79 Å². The Morgan fingerprint density at radius 1 is 0.821 bits per heavy atom. The summed E-state index contributed by atoms with van der Waals surface area (Å²) >= 11 is 5.20. The molecule has 28 heavy (non-hydrogen) atoms. The largest absolute Gasteiger partial charge is 0.478 e. The standard InChI is InChI=1S/C8H8ClNO3S.C8H9NO4S/c1-5-2-3-6(8(9)11)4-7(5)14(10,12)13;1-5-2-3-6(8(10)11)4-7(5)14(9,12)13/h2-4H,1H3,(H2,10,12,13);2-4H,1H3,(H,10,11)(H2,9,12,13). The van der Waals surface area contributed by atoms with Crippen molar-refractivity contribution in [2.24, 2.45) is 10.3 Å². The van der Waals surface area contributed by atoms with E-state index in [0.29, 0.717) is 11.1 Å². The number of carbonyl (C=O) groups is 2. The average molecular weight is 449 g/mol. The van der Waals surface area contributed by atoms with E-state index in [0.717, 1.165) is 6.07 Å². The van der Waals surface area contributed by atoms with Crippen LogP contribution in [0.25, 0.3) is 0 Å². The van der Waals surface area contributed by atoms with Gasteiger partial charge in [-0.1, -0.05) is 12.1 Å². The highest BCUT2D eigenvalue weighted by molar-refractivity contribution is 7.89. The number of carboxylic acids is 1. The first kappa shape index (κ1) is 23.7. The summed E-state index contributed by atoms with van der Waals surface area (Å²) in [5.41, 5.74) is 0.924. The van der Waals surface area contributed by atoms with Crippen LogP contribution in [0.1, 0.15) is 31.8 Å². The van der Waals surface area contributed by atoms with Crippen molar-refractivity contribution >= 4 is 42.9 Å². The molecule has 2 aromatic rings. The van der Waals surface area contributed by atoms with Gasteiger partial charge in [0.05, 0.1) is 15.4 Å². The van der Waals surface area contributed by atoms with Crippen LogP contribution in [0, 0.1) is 13.8 Å². The van der Waals surface area contributed by atoms with Crippen molar-refractivity contribution in [2.45, 2.75) is 23.6 Å². The molecule has 0 heterocycles. The Bertz CT molecular complexity index is 1050. The van der Waals surface area contributed by atoms with Gasteiger partial charge in [-0.2, -0.15) is 0 Å². The lowest BCUT2D eigenvalue weighted by Gasteiger charge is -2.03. The van der Waals surface area contributed by atoms with Gasteiger partial charge in [-0.15, -0.1) is 0 Å². The molecule has 0 saturated heterocycles. The zero-order valence-electron chi connectivity index (χ0n) is 14.7. The molecule has 2 aromatic carbocycles. The van der Waals surface area contributed by atoms with E-state index < -0.39 is 31.3 Å². The van der Waals surface area contributed by atoms with Gasteiger partial charge < -0.3 is 5.11 Å². The first-order chi connectivity index (χ1) is 12.6. The lowest BCUT2D eigenvalue weighted by Crippen LogP contribution is -2.14. The molecule has 2 rings (SSSR count). The predicted octanol–water partition coefficient (Wildman–Crippen LogP) is 1.36. The predicted molar refractivity (Wildman–Crippen MR) is 102 cm³/mol. The number of primary sulfonamides is 2. The van der Waals surface area contributed by atoms with Crippen LogP contribution >= 0.6 is 11.6 Å². The zero-order chi connectivity index (χ0) is 21.9. The molecule has 0 aliphatic rings. The summed E-state index contributed by atoms with van der Waals surface area (Å²) in [5, 5.41) is 17.8. The SMILES string of the molecule is Cc1ccc(C(=O)Cl)cc1S(N)(=O)=O.Cc1ccc(C(=O)O)cc1S(N)(=O)=O. The Morgan fingerprint density at radius 3 is 1.50 bits per heavy atom. The fourth-order valence-corrected chi connectivity index (χ4v) is 3.80. The molecule has 9 nitrogen and oxygen atoms in total. The van der Waals surface area contributed by atoms with Crippen molar-refractivity contribution < 1.29 is 31.5 Å². The van der Waals surface area contributed by atoms with Gasteiger partial charge in [0.15, 0.2) is 0 Å². The fourth-order valence-electron chi connectivity index (χ4n) is 2.07. The summed E-state index contributed by atoms with van der Waals surface area (Å²) in [6, 6.07) is 7.87. The fraction of sp³-hybridized carbons (Fsp3) is 0.125. The van der Waals surface area contributed by atoms with Crippen molar-refractivity contribution in [3.8, 4) is 0 Å². The number of halogens is 1. The maximum atomic E-state index is 11.1. The van der Waals surface area contributed by atoms with Crippen LogP contribution in [0.15, 0.2) is 46.2 Å². The first-order valence-corrected chi connectivity index (χ1v) is 10.8. The van der Waals surface area contributed by atoms with Crippen LogP contribution in [0.2, 0.25) is 0 Å². The topological polar surface area (TPSA) is 175 Å². The molecule has 0 aromatic heterocycles. The van der Waals surface area contributed by atoms with Crippen LogP contribution in [-0.2, 0) is 20.0 Å². The highest BCUT2D eigenvalue weighted by Gasteiger charge is 2.15. The summed E-state index contributed by atoms with van der Waals surface area (Å²) in [7, 11) is -7.65. The molecule has 0 saturated carbocycles. The Labute approximate surface area is 167 Å². The molecule has 0 amide bonds. The van der Waals surface area contributed by atoms with Gasteiger partial charge >= 0.3 is 5.97 Å². The highest BCUT2D eigenvalue weighted by atomic mass is 35.5. The number of nitrogens with two attached hydrogens (primary N) is 2. The quantitative estimate of drug-likeness (QED) is 0.591. The lowest BCUT2D eigenvalue weighted by molar-refractivity contribution is 0.0696. The number of rotatable bonds is 4. The van der Waals surface area contributed by atoms with E-state index in [-0.39, 0.29) is 20.9 Å². The summed E-state index contributed by atoms with van der Waals surface area (Å²) in [5.74, 6) is -1.19. The van der Waals surface area contributed by atoms with Crippen LogP contribution in [0.3, 0.4) is 0 Å². The maximum absolute atomic E-state index is 11.1. The van der Waals surface area contributed by atoms with Gasteiger partial charge in [0.25, 0.3) is 5.24 Å². The number of hydrogen-bond acceptors (Lipinski definition) is 6. The normalized spacial score (nSPS) is 11.3. The smallest absolute Gasteiger partial charge is 0.335 e. The molecular weight excluding hydrogens is 432 g/mol. The summed E-state index contributed by atoms with van der Waals surface area (Å²) in [6.45, 7) is 3.13. The number of aryl methyl sites for hydroxylation is 2. The van der Waals surface area contributed by atoms with Gasteiger partial charge in [0.2, 0.25) is 20.0 Å². The third kappa shape index (κ3) is 6.39. The van der Waals surface area contributed by atoms with E-state index in [1.54, 1.807) is 13.8 Å². The minimum Gasteiger partial charge on any atom is -0.478 e. The Hall–Kier alpha value is -2.31. The molecule has 0 spiro atoms. The Balaban J connectivity index is 0.000000280. The Kier molecular flexibility index (Phi) is 7.45. The maximum Gasteiger partial charge on any atom is 0.335 e. The molecule has 0 aliphatic heterocycles. The molecule has 0 fully saturated rings. The number of aromatic carboxylic acids is 1. The van der Waals surface area contributed by atoms with Crippen LogP contribution < -0.4 is 10.3 Å². The average Bonchev–Trinajstić information content (AvgIpc) is 2.53. The van der Waals surface area contributed by atoms with E-state index in [2.05, 4.69) is 0 Å². The molecule has 0 atom stereocenters. The summed E-state index contributed by atoms with van der Waals surface area (Å²) < 4.78 is 44.1. The van der Waals surface area contributed by atoms with Crippen LogP contribution in [-0.4, -0.2) is 33.2 Å². The van der Waals surface area contributed by atoms with Gasteiger partial charge in [0.1, 0.15) is 0 Å². The van der Waals surface area contributed by atoms with E-state index >= 15 is 0 Å². The number of carboxylic acid groups (broad SMARTS) is 1. The summed E-state index contributed by atoms with van der Waals surface area (Å²) in [6.07, 6.45) is 0. The second-order valence-corrected chi connectivity index (χ2v) is 9.03. The molecular formula is C16H17ClN2O7S2. The molecule has 152 valence electrons. The second-order valence-electron chi connectivity index (χ2n) is 5.63. The number of hydrogen-bond donors (Lipinski definition) is 3. The third-order valence-corrected chi connectivity index (χ3v) is 5.79. The van der Waals surface area contributed by atoms with Gasteiger partial charge in [-0.05, 0) is 60.8 Å². The summed E-state index contributed by atoms with van der Waals surface area (Å²) in [4.78, 5) is 21.1. The van der Waals surface area contributed by atoms with Crippen molar-refractivity contribution in [3.63, 3.8) is 0 Å². The highest BCUT2D eigenvalue weighted by Crippen LogP contribution is 2.17. The second kappa shape index (κ2) is 8.80. The van der Waals surface area contributed by atoms with E-state index in [1.165, 1.54) is 30.3 Å². The zero-order valence-corrected chi connectivity index (χ0v) is 17.1. The molecule has 0 aliphatic carbocycles. The van der Waals surface area contributed by atoms with Crippen LogP contribution in [0.4, 0.5) is 0 Å². The van der Waals surface area contributed by atoms with Gasteiger partial charge in [-0.25, -0.2) is 31.9 Å². The Morgan fingerprint density at radius 2 is 1.18 bits per heavy atom. The van der Waals surface area contributed by atoms with E-state index in [4.69, 9.17) is 27.0 Å². The molecule has 5 N–H and O–H groups in total. The minimum atomic E-state index is -3.85. The minimum absolute atomic E-state index is 0.0796. The lowest BCUT2D eigenvalue weighted by atomic mass is 10.1. The number of sulfonamides is 2. The molecule has 12 heteroatoms. The van der Waals surface area contributed by atoms with Crippen molar-refractivity contribution in [1.29, 1.82) is 0 Å². The van der Waals surface area contributed by atoms with E-state index in [1.807, 2.05) is 0 Å². The third-order valence-electron chi connectivity index (χ3n) is 3.46. The molecule has 0 bridgehead atoms. The van der Waals surface area contributed by atoms with Crippen LogP contribution in [0.5, 0.6) is 0 Å². The monoisotopic (exact) mass is 448 g/mol. The van der Waals surface area contributed by atoms with Gasteiger partial charge in [0, 0.05) is 5.56 Å². The molecule has 0 unspecified atom stereocenters. The first-order valence-electron chi connectivity index (χ1n) is 7.34. The molecule has 0 radical (unpaired) electrons. The number of carbonyl (C=O) groups excluding carboxylic acids is 1. The van der Waals surface area contributed by atoms with E-state index in [9.17, 15) is 26.4 Å².